The van der Waals surface area contributed by atoms with Crippen LogP contribution in [0.3, 0.4) is 0 Å². The van der Waals surface area contributed by atoms with E-state index in [1.54, 1.807) is 0 Å². The Morgan fingerprint density at radius 3 is 2.69 bits per heavy atom. The molecule has 3 heteroatoms. The van der Waals surface area contributed by atoms with Gasteiger partial charge in [-0.1, -0.05) is 0 Å². The van der Waals surface area contributed by atoms with E-state index in [0.29, 0.717) is 6.10 Å². The molecule has 1 aliphatic rings. The molecule has 1 rings (SSSR count). The highest BCUT2D eigenvalue weighted by Crippen LogP contribution is 2.16. The van der Waals surface area contributed by atoms with E-state index in [0.717, 1.165) is 26.2 Å². The van der Waals surface area contributed by atoms with Gasteiger partial charge in [-0.05, 0) is 27.8 Å². The van der Waals surface area contributed by atoms with Crippen LogP contribution >= 0.6 is 0 Å². The lowest BCUT2D eigenvalue weighted by atomic mass is 10.0. The van der Waals surface area contributed by atoms with Crippen molar-refractivity contribution in [3.05, 3.63) is 0 Å². The Hall–Kier alpha value is -0.120. The van der Waals surface area contributed by atoms with Gasteiger partial charge in [-0.15, -0.1) is 0 Å². The smallest absolute Gasteiger partial charge is 0.0826 e. The van der Waals surface area contributed by atoms with Gasteiger partial charge in [-0.3, -0.25) is 4.90 Å². The molecule has 3 nitrogen and oxygen atoms in total. The van der Waals surface area contributed by atoms with Crippen molar-refractivity contribution in [1.82, 2.24) is 10.2 Å². The molecule has 0 radical (unpaired) electrons. The largest absolute Gasteiger partial charge is 0.374 e. The zero-order chi connectivity index (χ0) is 9.90. The van der Waals surface area contributed by atoms with E-state index < -0.39 is 0 Å². The van der Waals surface area contributed by atoms with Gasteiger partial charge in [-0.2, -0.15) is 0 Å². The minimum absolute atomic E-state index is 0.274. The van der Waals surface area contributed by atoms with Crippen LogP contribution in [0.2, 0.25) is 0 Å². The van der Waals surface area contributed by atoms with Crippen LogP contribution in [-0.4, -0.2) is 49.8 Å². The first kappa shape index (κ1) is 11.0. The molecule has 0 saturated carbocycles. The third-order valence-corrected chi connectivity index (χ3v) is 2.52. The summed E-state index contributed by atoms with van der Waals surface area (Å²) in [6.45, 7) is 10.7. The van der Waals surface area contributed by atoms with E-state index >= 15 is 0 Å². The Bertz CT molecular complexity index is 151. The van der Waals surface area contributed by atoms with E-state index in [9.17, 15) is 0 Å². The number of hydrogen-bond donors (Lipinski definition) is 1. The van der Waals surface area contributed by atoms with Gasteiger partial charge in [0.15, 0.2) is 0 Å². The summed E-state index contributed by atoms with van der Waals surface area (Å²) in [4.78, 5) is 2.48. The average Bonchev–Trinajstić information content (AvgIpc) is 2.04. The lowest BCUT2D eigenvalue weighted by molar-refractivity contribution is -0.0558. The zero-order valence-corrected chi connectivity index (χ0v) is 9.26. The highest BCUT2D eigenvalue weighted by Gasteiger charge is 2.27. The fraction of sp³-hybridized carbons (Fsp3) is 1.00. The molecule has 0 bridgehead atoms. The maximum atomic E-state index is 5.64. The molecule has 0 aromatic heterocycles. The molecule has 0 amide bonds. The van der Waals surface area contributed by atoms with Crippen LogP contribution in [0, 0.1) is 0 Å². The molecule has 0 spiro atoms. The van der Waals surface area contributed by atoms with E-state index in [4.69, 9.17) is 4.74 Å². The lowest BCUT2D eigenvalue weighted by Gasteiger charge is -2.41. The molecule has 1 N–H and O–H groups in total. The first-order valence-electron chi connectivity index (χ1n) is 5.05. The van der Waals surface area contributed by atoms with Gasteiger partial charge in [0.25, 0.3) is 0 Å². The number of ether oxygens (including phenoxy) is 1. The van der Waals surface area contributed by atoms with Crippen molar-refractivity contribution < 1.29 is 4.74 Å². The number of rotatable bonds is 2. The number of nitrogens with one attached hydrogen (secondary N) is 1. The first-order chi connectivity index (χ1) is 6.04. The van der Waals surface area contributed by atoms with Gasteiger partial charge < -0.3 is 10.1 Å². The predicted octanol–water partition coefficient (Wildman–Crippen LogP) is 0.705. The summed E-state index contributed by atoms with van der Waals surface area (Å²) in [6.07, 6.45) is 0.359. The summed E-state index contributed by atoms with van der Waals surface area (Å²) in [6, 6.07) is 0. The molecule has 1 saturated heterocycles. The fourth-order valence-corrected chi connectivity index (χ4v) is 1.68. The van der Waals surface area contributed by atoms with Crippen molar-refractivity contribution in [2.24, 2.45) is 0 Å². The molecule has 1 fully saturated rings. The van der Waals surface area contributed by atoms with Crippen LogP contribution in [0.25, 0.3) is 0 Å². The molecule has 78 valence electrons. The second-order valence-corrected chi connectivity index (χ2v) is 4.67. The van der Waals surface area contributed by atoms with E-state index in [1.165, 1.54) is 0 Å². The van der Waals surface area contributed by atoms with Crippen LogP contribution in [0.4, 0.5) is 0 Å². The standard InChI is InChI=1S/C10H22N2O/c1-10(2,3)12-5-6-13-9(8-12)7-11-4/h9,11H,5-8H2,1-4H3. The van der Waals surface area contributed by atoms with E-state index in [1.807, 2.05) is 7.05 Å². The summed E-state index contributed by atoms with van der Waals surface area (Å²) in [5.41, 5.74) is 0.274. The lowest BCUT2D eigenvalue weighted by Crippen LogP contribution is -2.53. The van der Waals surface area contributed by atoms with Crippen molar-refractivity contribution in [1.29, 1.82) is 0 Å². The minimum atomic E-state index is 0.274. The van der Waals surface area contributed by atoms with Crippen molar-refractivity contribution in [3.63, 3.8) is 0 Å². The van der Waals surface area contributed by atoms with Crippen molar-refractivity contribution in [2.75, 3.05) is 33.3 Å². The van der Waals surface area contributed by atoms with Gasteiger partial charge >= 0.3 is 0 Å². The molecular weight excluding hydrogens is 164 g/mol. The molecule has 13 heavy (non-hydrogen) atoms. The van der Waals surface area contributed by atoms with Crippen molar-refractivity contribution in [3.8, 4) is 0 Å². The number of nitrogens with zero attached hydrogens (tertiary/aromatic N) is 1. The Morgan fingerprint density at radius 1 is 1.46 bits per heavy atom. The van der Waals surface area contributed by atoms with Crippen LogP contribution < -0.4 is 5.32 Å². The third kappa shape index (κ3) is 3.25. The first-order valence-corrected chi connectivity index (χ1v) is 5.05. The average molecular weight is 186 g/mol. The molecule has 0 aliphatic carbocycles. The predicted molar refractivity (Wildman–Crippen MR) is 55.0 cm³/mol. The molecule has 1 heterocycles. The Morgan fingerprint density at radius 2 is 2.15 bits per heavy atom. The fourth-order valence-electron chi connectivity index (χ4n) is 1.68. The molecule has 0 aromatic carbocycles. The summed E-state index contributed by atoms with van der Waals surface area (Å²) in [5, 5.41) is 3.16. The highest BCUT2D eigenvalue weighted by molar-refractivity contribution is 4.82. The SMILES string of the molecule is CNCC1CN(C(C)(C)C)CCO1. The quantitative estimate of drug-likeness (QED) is 0.687. The summed E-state index contributed by atoms with van der Waals surface area (Å²) < 4.78 is 5.64. The monoisotopic (exact) mass is 186 g/mol. The number of hydrogen-bond acceptors (Lipinski definition) is 3. The Labute approximate surface area is 81.4 Å². The Kier molecular flexibility index (Phi) is 3.71. The van der Waals surface area contributed by atoms with Crippen LogP contribution in [0.15, 0.2) is 0 Å². The van der Waals surface area contributed by atoms with E-state index in [-0.39, 0.29) is 5.54 Å². The zero-order valence-electron chi connectivity index (χ0n) is 9.26. The van der Waals surface area contributed by atoms with Gasteiger partial charge in [0, 0.05) is 25.2 Å². The van der Waals surface area contributed by atoms with Crippen molar-refractivity contribution >= 4 is 0 Å². The molecule has 0 aromatic rings. The summed E-state index contributed by atoms with van der Waals surface area (Å²) in [7, 11) is 1.97. The second kappa shape index (κ2) is 4.40. The maximum absolute atomic E-state index is 5.64. The van der Waals surface area contributed by atoms with Crippen LogP contribution in [0.5, 0.6) is 0 Å². The number of morpholine rings is 1. The topological polar surface area (TPSA) is 24.5 Å². The highest BCUT2D eigenvalue weighted by atomic mass is 16.5. The normalized spacial score (nSPS) is 26.3. The second-order valence-electron chi connectivity index (χ2n) is 4.67. The third-order valence-electron chi connectivity index (χ3n) is 2.52. The summed E-state index contributed by atoms with van der Waals surface area (Å²) >= 11 is 0. The van der Waals surface area contributed by atoms with Gasteiger partial charge in [0.2, 0.25) is 0 Å². The maximum Gasteiger partial charge on any atom is 0.0826 e. The number of likely N-dealkylation sites (N-methyl/N-ethyl adjacent to an activating group) is 1. The van der Waals surface area contributed by atoms with E-state index in [2.05, 4.69) is 31.0 Å². The molecule has 1 unspecified atom stereocenters. The van der Waals surface area contributed by atoms with Gasteiger partial charge in [-0.25, -0.2) is 0 Å². The molecule has 1 atom stereocenters. The van der Waals surface area contributed by atoms with Gasteiger partial charge in [0.05, 0.1) is 12.7 Å². The molecular formula is C10H22N2O. The van der Waals surface area contributed by atoms with Crippen LogP contribution in [-0.2, 0) is 4.74 Å². The summed E-state index contributed by atoms with van der Waals surface area (Å²) in [5.74, 6) is 0. The van der Waals surface area contributed by atoms with Crippen molar-refractivity contribution in [2.45, 2.75) is 32.4 Å². The minimum Gasteiger partial charge on any atom is -0.374 e. The Balaban J connectivity index is 2.42. The van der Waals surface area contributed by atoms with Crippen LogP contribution in [0.1, 0.15) is 20.8 Å². The van der Waals surface area contributed by atoms with Gasteiger partial charge in [0.1, 0.15) is 0 Å². The molecule has 1 aliphatic heterocycles.